The lowest BCUT2D eigenvalue weighted by Gasteiger charge is -2.07. The van der Waals surface area contributed by atoms with Gasteiger partial charge in [0.1, 0.15) is 0 Å². The molecule has 2 aromatic rings. The number of nitrogen functional groups attached to an aromatic ring is 1. The van der Waals surface area contributed by atoms with Crippen LogP contribution in [-0.4, -0.2) is 15.4 Å². The lowest BCUT2D eigenvalue weighted by Crippen LogP contribution is -1.92. The molecule has 0 fully saturated rings. The fourth-order valence-corrected chi connectivity index (χ4v) is 2.23. The van der Waals surface area contributed by atoms with Crippen LogP contribution >= 0.6 is 11.8 Å². The number of benzene rings is 1. The molecule has 1 aromatic carbocycles. The third-order valence-electron chi connectivity index (χ3n) is 1.93. The van der Waals surface area contributed by atoms with E-state index >= 15 is 0 Å². The number of thioether (sulfide) groups is 1. The quantitative estimate of drug-likeness (QED) is 0.588. The maximum atomic E-state index is 5.93. The number of rotatable bonds is 2. The summed E-state index contributed by atoms with van der Waals surface area (Å²) in [5.74, 6) is 0. The van der Waals surface area contributed by atoms with Gasteiger partial charge in [-0.1, -0.05) is 13.8 Å². The van der Waals surface area contributed by atoms with E-state index in [0.29, 0.717) is 5.25 Å². The van der Waals surface area contributed by atoms with Crippen molar-refractivity contribution in [3.05, 3.63) is 18.3 Å². The van der Waals surface area contributed by atoms with E-state index in [1.54, 1.807) is 18.0 Å². The number of hydrogen-bond acceptors (Lipinski definition) is 3. The first-order valence-electron chi connectivity index (χ1n) is 4.56. The zero-order valence-electron chi connectivity index (χ0n) is 8.24. The summed E-state index contributed by atoms with van der Waals surface area (Å²) in [5, 5.41) is 8.52. The second-order valence-electron chi connectivity index (χ2n) is 3.51. The highest BCUT2D eigenvalue weighted by Gasteiger charge is 2.05. The topological polar surface area (TPSA) is 54.7 Å². The molecule has 0 aliphatic heterocycles. The van der Waals surface area contributed by atoms with Crippen molar-refractivity contribution in [1.82, 2.24) is 10.2 Å². The zero-order valence-corrected chi connectivity index (χ0v) is 9.06. The van der Waals surface area contributed by atoms with Gasteiger partial charge in [-0.2, -0.15) is 5.10 Å². The largest absolute Gasteiger partial charge is 0.398 e. The van der Waals surface area contributed by atoms with E-state index in [1.165, 1.54) is 0 Å². The number of H-pyrrole nitrogens is 1. The molecule has 0 unspecified atom stereocenters. The number of hydrogen-bond donors (Lipinski definition) is 2. The minimum Gasteiger partial charge on any atom is -0.398 e. The van der Waals surface area contributed by atoms with Crippen molar-refractivity contribution in [3.8, 4) is 0 Å². The highest BCUT2D eigenvalue weighted by Crippen LogP contribution is 2.31. The third-order valence-corrected chi connectivity index (χ3v) is 3.01. The van der Waals surface area contributed by atoms with Crippen molar-refractivity contribution < 1.29 is 0 Å². The molecule has 4 heteroatoms. The molecule has 0 saturated carbocycles. The van der Waals surface area contributed by atoms with Gasteiger partial charge in [-0.15, -0.1) is 11.8 Å². The molecular weight excluding hydrogens is 194 g/mol. The molecule has 3 N–H and O–H groups in total. The molecule has 14 heavy (non-hydrogen) atoms. The average Bonchev–Trinajstić information content (AvgIpc) is 2.51. The summed E-state index contributed by atoms with van der Waals surface area (Å²) in [4.78, 5) is 1.12. The normalized spacial score (nSPS) is 11.4. The minimum atomic E-state index is 0.540. The maximum absolute atomic E-state index is 5.93. The van der Waals surface area contributed by atoms with Crippen LogP contribution in [0.15, 0.2) is 23.2 Å². The van der Waals surface area contributed by atoms with E-state index in [-0.39, 0.29) is 0 Å². The Hall–Kier alpha value is -1.16. The van der Waals surface area contributed by atoms with E-state index in [0.717, 1.165) is 21.5 Å². The highest BCUT2D eigenvalue weighted by atomic mass is 32.2. The van der Waals surface area contributed by atoms with Crippen molar-refractivity contribution in [2.45, 2.75) is 24.0 Å². The van der Waals surface area contributed by atoms with Crippen molar-refractivity contribution in [3.63, 3.8) is 0 Å². The molecule has 2 rings (SSSR count). The van der Waals surface area contributed by atoms with Gasteiger partial charge in [0, 0.05) is 21.2 Å². The van der Waals surface area contributed by atoms with Crippen LogP contribution in [0.3, 0.4) is 0 Å². The SMILES string of the molecule is CC(C)Sc1cc2[nH]ncc2cc1N. The fourth-order valence-electron chi connectivity index (χ4n) is 1.35. The number of anilines is 1. The Labute approximate surface area is 87.1 Å². The summed E-state index contributed by atoms with van der Waals surface area (Å²) in [6, 6.07) is 4.02. The van der Waals surface area contributed by atoms with Crippen LogP contribution in [0.25, 0.3) is 10.9 Å². The van der Waals surface area contributed by atoms with Crippen molar-refractivity contribution in [2.75, 3.05) is 5.73 Å². The molecule has 0 amide bonds. The summed E-state index contributed by atoms with van der Waals surface area (Å²) in [6.07, 6.45) is 1.79. The second-order valence-corrected chi connectivity index (χ2v) is 5.13. The van der Waals surface area contributed by atoms with Crippen LogP contribution in [0, 0.1) is 0 Å². The van der Waals surface area contributed by atoms with Gasteiger partial charge < -0.3 is 5.73 Å². The summed E-state index contributed by atoms with van der Waals surface area (Å²) >= 11 is 1.77. The Morgan fingerprint density at radius 3 is 2.93 bits per heavy atom. The standard InChI is InChI=1S/C10H13N3S/c1-6(2)14-10-4-9-7(3-8(10)11)5-12-13-9/h3-6H,11H2,1-2H3,(H,12,13). The average molecular weight is 207 g/mol. The zero-order chi connectivity index (χ0) is 10.1. The van der Waals surface area contributed by atoms with E-state index in [4.69, 9.17) is 5.73 Å². The van der Waals surface area contributed by atoms with Crippen LogP contribution in [0.2, 0.25) is 0 Å². The van der Waals surface area contributed by atoms with Gasteiger partial charge in [0.25, 0.3) is 0 Å². The molecular formula is C10H13N3S. The molecule has 0 radical (unpaired) electrons. The number of aromatic nitrogens is 2. The lowest BCUT2D eigenvalue weighted by atomic mass is 10.2. The van der Waals surface area contributed by atoms with Gasteiger partial charge in [-0.25, -0.2) is 0 Å². The van der Waals surface area contributed by atoms with Crippen LogP contribution in [0.5, 0.6) is 0 Å². The number of nitrogens with one attached hydrogen (secondary N) is 1. The number of nitrogens with zero attached hydrogens (tertiary/aromatic N) is 1. The van der Waals surface area contributed by atoms with Crippen molar-refractivity contribution in [2.24, 2.45) is 0 Å². The van der Waals surface area contributed by atoms with Crippen LogP contribution < -0.4 is 5.73 Å². The monoisotopic (exact) mass is 207 g/mol. The summed E-state index contributed by atoms with van der Waals surface area (Å²) in [7, 11) is 0. The van der Waals surface area contributed by atoms with Gasteiger partial charge in [0.15, 0.2) is 0 Å². The molecule has 0 aliphatic carbocycles. The Morgan fingerprint density at radius 1 is 1.43 bits per heavy atom. The minimum absolute atomic E-state index is 0.540. The van der Waals surface area contributed by atoms with E-state index in [1.807, 2.05) is 6.07 Å². The predicted molar refractivity (Wildman–Crippen MR) is 61.5 cm³/mol. The third kappa shape index (κ3) is 1.70. The summed E-state index contributed by atoms with van der Waals surface area (Å²) in [5.41, 5.74) is 7.81. The molecule has 0 atom stereocenters. The maximum Gasteiger partial charge on any atom is 0.0662 e. The Morgan fingerprint density at radius 2 is 2.21 bits per heavy atom. The Kier molecular flexibility index (Phi) is 2.37. The van der Waals surface area contributed by atoms with Gasteiger partial charge in [-0.05, 0) is 12.1 Å². The number of aromatic amines is 1. The first-order chi connectivity index (χ1) is 6.66. The van der Waals surface area contributed by atoms with Gasteiger partial charge >= 0.3 is 0 Å². The van der Waals surface area contributed by atoms with Crippen molar-refractivity contribution >= 4 is 28.4 Å². The highest BCUT2D eigenvalue weighted by molar-refractivity contribution is 8.00. The molecule has 1 aromatic heterocycles. The van der Waals surface area contributed by atoms with E-state index in [2.05, 4.69) is 30.1 Å². The van der Waals surface area contributed by atoms with Crippen LogP contribution in [0.1, 0.15) is 13.8 Å². The molecule has 0 saturated heterocycles. The molecule has 74 valence electrons. The molecule has 3 nitrogen and oxygen atoms in total. The molecule has 1 heterocycles. The van der Waals surface area contributed by atoms with E-state index in [9.17, 15) is 0 Å². The van der Waals surface area contributed by atoms with Crippen LogP contribution in [-0.2, 0) is 0 Å². The lowest BCUT2D eigenvalue weighted by molar-refractivity contribution is 1.11. The van der Waals surface area contributed by atoms with Gasteiger partial charge in [0.2, 0.25) is 0 Å². The summed E-state index contributed by atoms with van der Waals surface area (Å²) in [6.45, 7) is 4.31. The van der Waals surface area contributed by atoms with Gasteiger partial charge in [0.05, 0.1) is 11.7 Å². The molecule has 0 bridgehead atoms. The fraction of sp³-hybridized carbons (Fsp3) is 0.300. The Bertz CT molecular complexity index is 448. The summed E-state index contributed by atoms with van der Waals surface area (Å²) < 4.78 is 0. The first kappa shape index (κ1) is 9.40. The van der Waals surface area contributed by atoms with Crippen molar-refractivity contribution in [1.29, 1.82) is 0 Å². The smallest absolute Gasteiger partial charge is 0.0662 e. The molecule has 0 spiro atoms. The predicted octanol–water partition coefficient (Wildman–Crippen LogP) is 2.65. The molecule has 0 aliphatic rings. The second kappa shape index (κ2) is 3.53. The van der Waals surface area contributed by atoms with E-state index < -0.39 is 0 Å². The van der Waals surface area contributed by atoms with Crippen LogP contribution in [0.4, 0.5) is 5.69 Å². The van der Waals surface area contributed by atoms with Gasteiger partial charge in [-0.3, -0.25) is 5.10 Å². The number of fused-ring (bicyclic) bond motifs is 1. The number of nitrogens with two attached hydrogens (primary N) is 1. The Balaban J connectivity index is 2.48. The first-order valence-corrected chi connectivity index (χ1v) is 5.44.